The molecule has 0 bridgehead atoms. The van der Waals surface area contributed by atoms with Gasteiger partial charge in [0.2, 0.25) is 0 Å². The largest absolute Gasteiger partial charge is 0.456 e. The molecule has 0 unspecified atom stereocenters. The minimum absolute atomic E-state index is 0.161. The molecule has 0 aliphatic carbocycles. The van der Waals surface area contributed by atoms with Gasteiger partial charge < -0.3 is 10.1 Å². The van der Waals surface area contributed by atoms with Gasteiger partial charge in [0.1, 0.15) is 19.7 Å². The third kappa shape index (κ3) is 4.52. The predicted molar refractivity (Wildman–Crippen MR) is 110 cm³/mol. The Morgan fingerprint density at radius 1 is 1.17 bits per heavy atom. The van der Waals surface area contributed by atoms with E-state index in [0.29, 0.717) is 16.5 Å². The Bertz CT molecular complexity index is 1220. The van der Waals surface area contributed by atoms with Crippen molar-refractivity contribution < 1.29 is 14.3 Å². The summed E-state index contributed by atoms with van der Waals surface area (Å²) in [6, 6.07) is 13.9. The van der Waals surface area contributed by atoms with Crippen LogP contribution in [0.1, 0.15) is 27.3 Å². The van der Waals surface area contributed by atoms with Crippen molar-refractivity contribution in [2.45, 2.75) is 27.0 Å². The van der Waals surface area contributed by atoms with E-state index in [1.165, 1.54) is 4.57 Å². The second-order valence-corrected chi connectivity index (χ2v) is 6.74. The van der Waals surface area contributed by atoms with Gasteiger partial charge in [-0.1, -0.05) is 18.2 Å². The standard InChI is InChI=1S/C22H20N4O4/c1-14-7-8-16(11-15(14)2)21(28)24-12-20(27)30-13-19-25-18-6-4-3-5-17(18)22(29)26(19)10-9-23/h3-8,11H,10,12-13H2,1-2H3,(H,24,28). The van der Waals surface area contributed by atoms with Crippen molar-refractivity contribution in [2.24, 2.45) is 0 Å². The first-order valence-corrected chi connectivity index (χ1v) is 9.27. The van der Waals surface area contributed by atoms with Crippen molar-refractivity contribution >= 4 is 22.8 Å². The van der Waals surface area contributed by atoms with Gasteiger partial charge in [-0.25, -0.2) is 4.98 Å². The molecule has 0 radical (unpaired) electrons. The van der Waals surface area contributed by atoms with Crippen LogP contribution < -0.4 is 10.9 Å². The molecular weight excluding hydrogens is 384 g/mol. The molecule has 0 saturated carbocycles. The highest BCUT2D eigenvalue weighted by Gasteiger charge is 2.14. The van der Waals surface area contributed by atoms with Gasteiger partial charge in [-0.3, -0.25) is 19.0 Å². The van der Waals surface area contributed by atoms with Crippen LogP contribution in [-0.4, -0.2) is 28.0 Å². The molecule has 0 atom stereocenters. The third-order valence-corrected chi connectivity index (χ3v) is 4.69. The van der Waals surface area contributed by atoms with Crippen LogP contribution in [0, 0.1) is 25.2 Å². The number of aryl methyl sites for hydroxylation is 2. The highest BCUT2D eigenvalue weighted by molar-refractivity contribution is 5.96. The Morgan fingerprint density at radius 3 is 2.67 bits per heavy atom. The molecule has 0 aliphatic heterocycles. The summed E-state index contributed by atoms with van der Waals surface area (Å²) < 4.78 is 6.33. The fourth-order valence-electron chi connectivity index (χ4n) is 2.89. The average Bonchev–Trinajstić information content (AvgIpc) is 2.74. The van der Waals surface area contributed by atoms with Crippen LogP contribution in [-0.2, 0) is 22.7 Å². The van der Waals surface area contributed by atoms with Gasteiger partial charge in [0.15, 0.2) is 5.82 Å². The molecule has 0 saturated heterocycles. The Balaban J connectivity index is 1.67. The summed E-state index contributed by atoms with van der Waals surface area (Å²) in [5.74, 6) is -0.910. The quantitative estimate of drug-likeness (QED) is 0.629. The molecular formula is C22H20N4O4. The zero-order valence-electron chi connectivity index (χ0n) is 16.6. The van der Waals surface area contributed by atoms with Crippen molar-refractivity contribution in [1.29, 1.82) is 5.26 Å². The fraction of sp³-hybridized carbons (Fsp3) is 0.227. The number of amides is 1. The summed E-state index contributed by atoms with van der Waals surface area (Å²) in [4.78, 5) is 41.2. The van der Waals surface area contributed by atoms with Gasteiger partial charge in [-0.05, 0) is 49.2 Å². The summed E-state index contributed by atoms with van der Waals surface area (Å²) in [7, 11) is 0. The lowest BCUT2D eigenvalue weighted by Gasteiger charge is -2.12. The molecule has 3 rings (SSSR count). The van der Waals surface area contributed by atoms with Crippen molar-refractivity contribution in [1.82, 2.24) is 14.9 Å². The lowest BCUT2D eigenvalue weighted by Crippen LogP contribution is -2.31. The summed E-state index contributed by atoms with van der Waals surface area (Å²) in [6.07, 6.45) is 0. The number of carbonyl (C=O) groups excluding carboxylic acids is 2. The van der Waals surface area contributed by atoms with Crippen molar-refractivity contribution in [3.8, 4) is 6.07 Å². The van der Waals surface area contributed by atoms with Gasteiger partial charge in [-0.2, -0.15) is 5.26 Å². The van der Waals surface area contributed by atoms with Gasteiger partial charge in [-0.15, -0.1) is 0 Å². The van der Waals surface area contributed by atoms with Gasteiger partial charge in [0, 0.05) is 5.56 Å². The molecule has 30 heavy (non-hydrogen) atoms. The van der Waals surface area contributed by atoms with Crippen LogP contribution >= 0.6 is 0 Å². The maximum Gasteiger partial charge on any atom is 0.325 e. The van der Waals surface area contributed by atoms with E-state index in [0.717, 1.165) is 11.1 Å². The van der Waals surface area contributed by atoms with E-state index in [2.05, 4.69) is 10.3 Å². The molecule has 0 aliphatic rings. The van der Waals surface area contributed by atoms with E-state index >= 15 is 0 Å². The number of rotatable bonds is 6. The summed E-state index contributed by atoms with van der Waals surface area (Å²) in [5.41, 5.74) is 2.56. The number of ether oxygens (including phenoxy) is 1. The van der Waals surface area contributed by atoms with E-state index in [9.17, 15) is 14.4 Å². The molecule has 152 valence electrons. The second-order valence-electron chi connectivity index (χ2n) is 6.74. The predicted octanol–water partition coefficient (Wildman–Crippen LogP) is 2.01. The number of aromatic nitrogens is 2. The smallest absolute Gasteiger partial charge is 0.325 e. The zero-order chi connectivity index (χ0) is 21.7. The number of carbonyl (C=O) groups is 2. The number of hydrogen-bond acceptors (Lipinski definition) is 6. The summed E-state index contributed by atoms with van der Waals surface area (Å²) in [5, 5.41) is 11.9. The van der Waals surface area contributed by atoms with Crippen LogP contribution in [0.2, 0.25) is 0 Å². The molecule has 1 aromatic heterocycles. The molecule has 8 heteroatoms. The highest BCUT2D eigenvalue weighted by Crippen LogP contribution is 2.10. The van der Waals surface area contributed by atoms with E-state index in [1.807, 2.05) is 26.0 Å². The highest BCUT2D eigenvalue weighted by atomic mass is 16.5. The molecule has 3 aromatic rings. The van der Waals surface area contributed by atoms with Crippen molar-refractivity contribution in [2.75, 3.05) is 6.54 Å². The van der Waals surface area contributed by atoms with Gasteiger partial charge >= 0.3 is 5.97 Å². The monoisotopic (exact) mass is 404 g/mol. The SMILES string of the molecule is Cc1ccc(C(=O)NCC(=O)OCc2nc3ccccc3c(=O)n2CC#N)cc1C. The Labute approximate surface area is 172 Å². The molecule has 0 spiro atoms. The number of nitrogens with zero attached hydrogens (tertiary/aromatic N) is 3. The van der Waals surface area contributed by atoms with E-state index in [4.69, 9.17) is 10.00 Å². The number of nitriles is 1. The van der Waals surface area contributed by atoms with Crippen LogP contribution in [0.4, 0.5) is 0 Å². The molecule has 0 fully saturated rings. The Morgan fingerprint density at radius 2 is 1.93 bits per heavy atom. The van der Waals surface area contributed by atoms with Gasteiger partial charge in [0.25, 0.3) is 11.5 Å². The maximum atomic E-state index is 12.6. The van der Waals surface area contributed by atoms with E-state index in [-0.39, 0.29) is 37.0 Å². The number of esters is 1. The minimum Gasteiger partial charge on any atom is -0.456 e. The van der Waals surface area contributed by atoms with Crippen LogP contribution in [0.3, 0.4) is 0 Å². The van der Waals surface area contributed by atoms with Gasteiger partial charge in [0.05, 0.1) is 17.0 Å². The van der Waals surface area contributed by atoms with Crippen molar-refractivity contribution in [3.05, 3.63) is 75.3 Å². The first-order valence-electron chi connectivity index (χ1n) is 9.27. The lowest BCUT2D eigenvalue weighted by molar-refractivity contribution is -0.144. The number of fused-ring (bicyclic) bond motifs is 1. The second kappa shape index (κ2) is 9.01. The van der Waals surface area contributed by atoms with Crippen LogP contribution in [0.5, 0.6) is 0 Å². The molecule has 2 aromatic carbocycles. The molecule has 1 N–H and O–H groups in total. The fourth-order valence-corrected chi connectivity index (χ4v) is 2.89. The normalized spacial score (nSPS) is 10.4. The lowest BCUT2D eigenvalue weighted by atomic mass is 10.1. The molecule has 1 amide bonds. The Kier molecular flexibility index (Phi) is 6.23. The van der Waals surface area contributed by atoms with E-state index in [1.54, 1.807) is 36.4 Å². The molecule has 8 nitrogen and oxygen atoms in total. The van der Waals surface area contributed by atoms with Crippen LogP contribution in [0.25, 0.3) is 10.9 Å². The number of nitrogens with one attached hydrogen (secondary N) is 1. The first-order chi connectivity index (χ1) is 14.4. The molecule has 1 heterocycles. The topological polar surface area (TPSA) is 114 Å². The van der Waals surface area contributed by atoms with E-state index < -0.39 is 5.97 Å². The third-order valence-electron chi connectivity index (χ3n) is 4.69. The average molecular weight is 404 g/mol. The van der Waals surface area contributed by atoms with Crippen molar-refractivity contribution in [3.63, 3.8) is 0 Å². The zero-order valence-corrected chi connectivity index (χ0v) is 16.6. The maximum absolute atomic E-state index is 12.6. The Hall–Kier alpha value is -3.99. The summed E-state index contributed by atoms with van der Waals surface area (Å²) >= 11 is 0. The first kappa shape index (κ1) is 20.7. The number of hydrogen-bond donors (Lipinski definition) is 1. The van der Waals surface area contributed by atoms with Crippen LogP contribution in [0.15, 0.2) is 47.3 Å². The number of para-hydroxylation sites is 1. The number of benzene rings is 2. The minimum atomic E-state index is -0.682. The summed E-state index contributed by atoms with van der Waals surface area (Å²) in [6.45, 7) is 3.01.